The molecule has 0 saturated carbocycles. The normalized spacial score (nSPS) is 18.8. The van der Waals surface area contributed by atoms with Gasteiger partial charge in [0.15, 0.2) is 6.04 Å². The zero-order valence-corrected chi connectivity index (χ0v) is 21.3. The molecule has 0 aliphatic carbocycles. The van der Waals surface area contributed by atoms with Crippen LogP contribution < -0.4 is 4.74 Å². The number of aryl methyl sites for hydroxylation is 1. The summed E-state index contributed by atoms with van der Waals surface area (Å²) < 4.78 is 16.6. The second kappa shape index (κ2) is 10.5. The van der Waals surface area contributed by atoms with Crippen molar-refractivity contribution in [2.24, 2.45) is 4.99 Å². The van der Waals surface area contributed by atoms with Gasteiger partial charge in [-0.25, -0.2) is 4.79 Å². The molecule has 0 N–H and O–H groups in total. The summed E-state index contributed by atoms with van der Waals surface area (Å²) in [7, 11) is 1.57. The van der Waals surface area contributed by atoms with Crippen molar-refractivity contribution in [3.8, 4) is 5.75 Å². The lowest BCUT2D eigenvalue weighted by molar-refractivity contribution is -0.384. The van der Waals surface area contributed by atoms with Crippen LogP contribution in [0.15, 0.2) is 75.8 Å². The van der Waals surface area contributed by atoms with E-state index in [1.165, 1.54) is 35.0 Å². The molecule has 2 aliphatic heterocycles. The highest BCUT2D eigenvalue weighted by molar-refractivity contribution is 8.00. The van der Waals surface area contributed by atoms with Crippen LogP contribution in [-0.4, -0.2) is 52.2 Å². The van der Waals surface area contributed by atoms with Crippen molar-refractivity contribution in [1.82, 2.24) is 4.90 Å². The van der Waals surface area contributed by atoms with Crippen molar-refractivity contribution in [3.05, 3.63) is 99.1 Å². The summed E-state index contributed by atoms with van der Waals surface area (Å²) in [4.78, 5) is 42.8. The average Bonchev–Trinajstić information content (AvgIpc) is 3.37. The smallest absolute Gasteiger partial charge is 0.355 e. The highest BCUT2D eigenvalue weighted by Gasteiger charge is 2.54. The number of hydrogen-bond donors (Lipinski definition) is 0. The fraction of sp³-hybridized carbons (Fsp3) is 0.222. The third kappa shape index (κ3) is 4.92. The van der Waals surface area contributed by atoms with Crippen LogP contribution in [0.5, 0.6) is 5.75 Å². The van der Waals surface area contributed by atoms with Gasteiger partial charge in [-0.2, -0.15) is 0 Å². The molecular formula is C27H23N3O7S. The van der Waals surface area contributed by atoms with Gasteiger partial charge >= 0.3 is 5.97 Å². The fourth-order valence-corrected chi connectivity index (χ4v) is 5.51. The molecule has 1 aromatic heterocycles. The molecule has 194 valence electrons. The number of thioether (sulfide) groups is 1. The minimum absolute atomic E-state index is 0.0261. The zero-order chi connectivity index (χ0) is 26.8. The van der Waals surface area contributed by atoms with E-state index in [9.17, 15) is 19.7 Å². The summed E-state index contributed by atoms with van der Waals surface area (Å²) in [6.45, 7) is 1.83. The Kier molecular flexibility index (Phi) is 7.01. The maximum atomic E-state index is 13.4. The minimum atomic E-state index is -0.695. The number of amides is 1. The van der Waals surface area contributed by atoms with Crippen LogP contribution in [0.25, 0.3) is 5.57 Å². The Morgan fingerprint density at radius 2 is 1.92 bits per heavy atom. The Bertz CT molecular complexity index is 1440. The Labute approximate surface area is 222 Å². The number of carbonyl (C=O) groups excluding carboxylic acids is 2. The highest BCUT2D eigenvalue weighted by Crippen LogP contribution is 2.45. The highest BCUT2D eigenvalue weighted by atomic mass is 32.2. The molecule has 2 aromatic carbocycles. The Balaban J connectivity index is 1.37. The quantitative estimate of drug-likeness (QED) is 0.138. The van der Waals surface area contributed by atoms with Gasteiger partial charge < -0.3 is 13.9 Å². The van der Waals surface area contributed by atoms with Crippen LogP contribution in [-0.2, 0) is 20.9 Å². The van der Waals surface area contributed by atoms with Crippen LogP contribution in [0.3, 0.4) is 0 Å². The number of ether oxygens (including phenoxy) is 2. The van der Waals surface area contributed by atoms with Gasteiger partial charge in [0.25, 0.3) is 11.6 Å². The van der Waals surface area contributed by atoms with Crippen molar-refractivity contribution in [2.75, 3.05) is 12.9 Å². The van der Waals surface area contributed by atoms with Crippen molar-refractivity contribution in [3.63, 3.8) is 0 Å². The molecule has 11 heteroatoms. The van der Waals surface area contributed by atoms with Crippen molar-refractivity contribution in [2.45, 2.75) is 24.9 Å². The molecule has 0 bridgehead atoms. The average molecular weight is 534 g/mol. The number of nitro groups is 1. The third-order valence-corrected chi connectivity index (χ3v) is 7.45. The first-order chi connectivity index (χ1) is 18.4. The number of β-lactam (4-membered cyclic amide) rings is 1. The van der Waals surface area contributed by atoms with E-state index in [1.807, 2.05) is 6.92 Å². The largest absolute Gasteiger partial charge is 0.497 e. The lowest BCUT2D eigenvalue weighted by Crippen LogP contribution is -2.64. The number of esters is 1. The Hall–Kier alpha value is -4.38. The number of rotatable bonds is 8. The van der Waals surface area contributed by atoms with Gasteiger partial charge in [-0.05, 0) is 54.4 Å². The SMILES string of the molecule is COc1ccc(COC(=O)C2=C(c3ccc(C)o3)CS[C@H]3[C@@H](N=Cc4ccc([N+](=O)[O-])cc4)C(=O)N23)cc1. The predicted octanol–water partition coefficient (Wildman–Crippen LogP) is 4.36. The molecule has 0 spiro atoms. The molecule has 3 aromatic rings. The van der Waals surface area contributed by atoms with Crippen LogP contribution in [0.2, 0.25) is 0 Å². The van der Waals surface area contributed by atoms with Gasteiger partial charge in [-0.1, -0.05) is 12.1 Å². The van der Waals surface area contributed by atoms with E-state index in [1.54, 1.807) is 55.6 Å². The summed E-state index contributed by atoms with van der Waals surface area (Å²) in [6, 6.07) is 15.9. The molecule has 0 radical (unpaired) electrons. The van der Waals surface area contributed by atoms with Crippen molar-refractivity contribution < 1.29 is 28.4 Å². The number of furan rings is 1. The number of fused-ring (bicyclic) bond motifs is 1. The van der Waals surface area contributed by atoms with Gasteiger partial charge in [0.2, 0.25) is 0 Å². The second-order valence-electron chi connectivity index (χ2n) is 8.64. The first-order valence-corrected chi connectivity index (χ1v) is 12.7. The third-order valence-electron chi connectivity index (χ3n) is 6.19. The number of hydrogen-bond acceptors (Lipinski definition) is 9. The second-order valence-corrected chi connectivity index (χ2v) is 9.75. The predicted molar refractivity (Wildman–Crippen MR) is 141 cm³/mol. The molecule has 10 nitrogen and oxygen atoms in total. The molecule has 1 amide bonds. The lowest BCUT2D eigenvalue weighted by atomic mass is 10.0. The van der Waals surface area contributed by atoms with Crippen LogP contribution in [0.1, 0.15) is 22.6 Å². The fourth-order valence-electron chi connectivity index (χ4n) is 4.17. The van der Waals surface area contributed by atoms with E-state index >= 15 is 0 Å². The van der Waals surface area contributed by atoms with Crippen molar-refractivity contribution in [1.29, 1.82) is 0 Å². The molecule has 0 unspecified atom stereocenters. The minimum Gasteiger partial charge on any atom is -0.497 e. The molecular weight excluding hydrogens is 510 g/mol. The number of non-ortho nitro benzene ring substituents is 1. The number of nitrogens with zero attached hydrogens (tertiary/aromatic N) is 3. The first-order valence-electron chi connectivity index (χ1n) is 11.7. The Morgan fingerprint density at radius 3 is 2.55 bits per heavy atom. The van der Waals surface area contributed by atoms with Crippen LogP contribution in [0.4, 0.5) is 5.69 Å². The molecule has 3 heterocycles. The maximum Gasteiger partial charge on any atom is 0.355 e. The van der Waals surface area contributed by atoms with E-state index < -0.39 is 16.9 Å². The summed E-state index contributed by atoms with van der Waals surface area (Å²) in [5, 5.41) is 10.5. The van der Waals surface area contributed by atoms with E-state index in [0.717, 1.165) is 5.56 Å². The standard InChI is InChI=1S/C27H23N3O7S/c1-16-3-12-22(37-16)21-15-38-26-23(28-13-17-4-8-19(9-5-17)30(33)34)25(31)29(26)24(21)27(32)36-14-18-6-10-20(35-2)11-7-18/h3-13,23,26H,14-15H2,1-2H3/t23-,26-/m0/s1. The van der Waals surface area contributed by atoms with E-state index in [2.05, 4.69) is 4.99 Å². The first kappa shape index (κ1) is 25.3. The number of nitro benzene ring substituents is 1. The topological polar surface area (TPSA) is 124 Å². The Morgan fingerprint density at radius 1 is 1.18 bits per heavy atom. The van der Waals surface area contributed by atoms with Crippen molar-refractivity contribution >= 4 is 41.1 Å². The molecule has 38 heavy (non-hydrogen) atoms. The zero-order valence-electron chi connectivity index (χ0n) is 20.5. The van der Waals surface area contributed by atoms with Crippen LogP contribution in [0, 0.1) is 17.0 Å². The molecule has 1 fully saturated rings. The van der Waals surface area contributed by atoms with Gasteiger partial charge in [-0.15, -0.1) is 11.8 Å². The van der Waals surface area contributed by atoms with E-state index in [4.69, 9.17) is 13.9 Å². The number of aliphatic imine (C=N–C) groups is 1. The molecule has 1 saturated heterocycles. The number of methoxy groups -OCH3 is 1. The molecule has 2 aliphatic rings. The van der Waals surface area contributed by atoms with Gasteiger partial charge in [0.05, 0.1) is 12.0 Å². The van der Waals surface area contributed by atoms with Gasteiger partial charge in [0.1, 0.15) is 34.9 Å². The monoisotopic (exact) mass is 533 g/mol. The molecule has 2 atom stereocenters. The summed E-state index contributed by atoms with van der Waals surface area (Å²) in [5.74, 6) is 1.36. The van der Waals surface area contributed by atoms with Crippen LogP contribution >= 0.6 is 11.8 Å². The summed E-state index contributed by atoms with van der Waals surface area (Å²) >= 11 is 1.48. The number of carbonyl (C=O) groups is 2. The van der Waals surface area contributed by atoms with E-state index in [-0.39, 0.29) is 29.3 Å². The lowest BCUT2D eigenvalue weighted by Gasteiger charge is -2.47. The summed E-state index contributed by atoms with van der Waals surface area (Å²) in [6.07, 6.45) is 1.51. The summed E-state index contributed by atoms with van der Waals surface area (Å²) in [5.41, 5.74) is 2.12. The van der Waals surface area contributed by atoms with Gasteiger partial charge in [-0.3, -0.25) is 24.8 Å². The molecule has 5 rings (SSSR count). The van der Waals surface area contributed by atoms with E-state index in [0.29, 0.717) is 34.2 Å². The van der Waals surface area contributed by atoms with Gasteiger partial charge in [0, 0.05) is 29.7 Å². The maximum absolute atomic E-state index is 13.4. The number of benzene rings is 2.